The van der Waals surface area contributed by atoms with Crippen LogP contribution in [0.2, 0.25) is 0 Å². The molecule has 0 aliphatic rings. The highest BCUT2D eigenvalue weighted by molar-refractivity contribution is 7.89. The molecular formula is C9H14N3O5S+. The van der Waals surface area contributed by atoms with Crippen molar-refractivity contribution in [2.45, 2.75) is 13.0 Å². The number of carboxylic acids is 1. The van der Waals surface area contributed by atoms with Crippen molar-refractivity contribution in [2.24, 2.45) is 0 Å². The van der Waals surface area contributed by atoms with Gasteiger partial charge in [0.1, 0.15) is 6.20 Å². The Balaban J connectivity index is 2.73. The SMILES string of the molecule is Nc1ccc(C(=O)O)c[n+]1CCCS(=O)(=O)NO. The Morgan fingerprint density at radius 3 is 2.67 bits per heavy atom. The van der Waals surface area contributed by atoms with Crippen molar-refractivity contribution in [3.8, 4) is 0 Å². The van der Waals surface area contributed by atoms with E-state index < -0.39 is 16.0 Å². The van der Waals surface area contributed by atoms with Crippen molar-refractivity contribution < 1.29 is 28.1 Å². The van der Waals surface area contributed by atoms with E-state index in [0.717, 1.165) is 0 Å². The van der Waals surface area contributed by atoms with Gasteiger partial charge in [0.2, 0.25) is 10.0 Å². The first-order valence-corrected chi connectivity index (χ1v) is 6.67. The van der Waals surface area contributed by atoms with Gasteiger partial charge in [-0.05, 0) is 6.07 Å². The molecule has 1 rings (SSSR count). The van der Waals surface area contributed by atoms with E-state index in [4.69, 9.17) is 16.0 Å². The Labute approximate surface area is 104 Å². The Morgan fingerprint density at radius 2 is 2.11 bits per heavy atom. The van der Waals surface area contributed by atoms with E-state index in [2.05, 4.69) is 0 Å². The summed E-state index contributed by atoms with van der Waals surface area (Å²) in [6.07, 6.45) is 1.52. The largest absolute Gasteiger partial charge is 0.478 e. The molecule has 9 heteroatoms. The summed E-state index contributed by atoms with van der Waals surface area (Å²) in [5.74, 6) is -1.05. The van der Waals surface area contributed by atoms with Crippen molar-refractivity contribution in [2.75, 3.05) is 11.5 Å². The predicted molar refractivity (Wildman–Crippen MR) is 61.3 cm³/mol. The minimum Gasteiger partial charge on any atom is -0.478 e. The number of anilines is 1. The first-order valence-electron chi connectivity index (χ1n) is 5.01. The molecule has 0 saturated carbocycles. The van der Waals surface area contributed by atoms with Crippen LogP contribution in [0.15, 0.2) is 18.3 Å². The van der Waals surface area contributed by atoms with Gasteiger partial charge < -0.3 is 10.3 Å². The molecule has 100 valence electrons. The Kier molecular flexibility index (Phi) is 4.59. The van der Waals surface area contributed by atoms with E-state index >= 15 is 0 Å². The fourth-order valence-electron chi connectivity index (χ4n) is 1.35. The molecule has 0 spiro atoms. The zero-order valence-corrected chi connectivity index (χ0v) is 10.2. The maximum Gasteiger partial charge on any atom is 0.339 e. The summed E-state index contributed by atoms with van der Waals surface area (Å²) in [6, 6.07) is 2.79. The van der Waals surface area contributed by atoms with Crippen LogP contribution in [-0.2, 0) is 16.6 Å². The van der Waals surface area contributed by atoms with Crippen LogP contribution in [0.5, 0.6) is 0 Å². The van der Waals surface area contributed by atoms with Gasteiger partial charge in [-0.1, -0.05) is 4.89 Å². The molecule has 1 aromatic rings. The number of hydrogen-bond donors (Lipinski definition) is 4. The second kappa shape index (κ2) is 5.76. The van der Waals surface area contributed by atoms with Gasteiger partial charge in [-0.15, -0.1) is 0 Å². The molecule has 1 heterocycles. The van der Waals surface area contributed by atoms with Crippen LogP contribution >= 0.6 is 0 Å². The van der Waals surface area contributed by atoms with Crippen LogP contribution in [-0.4, -0.2) is 30.5 Å². The first kappa shape index (κ1) is 14.4. The number of pyridine rings is 1. The zero-order valence-electron chi connectivity index (χ0n) is 9.41. The second-order valence-electron chi connectivity index (χ2n) is 3.60. The van der Waals surface area contributed by atoms with Crippen LogP contribution in [0.4, 0.5) is 5.82 Å². The molecule has 0 saturated heterocycles. The standard InChI is InChI=1S/C9H13N3O5S/c10-8-3-2-7(9(13)14)6-12(8)4-1-5-18(16,17)11-15/h2-3,6,10-11,15H,1,4-5H2,(H,13,14)/p+1. The van der Waals surface area contributed by atoms with Gasteiger partial charge in [-0.3, -0.25) is 5.73 Å². The van der Waals surface area contributed by atoms with E-state index in [9.17, 15) is 13.2 Å². The summed E-state index contributed by atoms with van der Waals surface area (Å²) >= 11 is 0. The lowest BCUT2D eigenvalue weighted by Crippen LogP contribution is -2.39. The van der Waals surface area contributed by atoms with Gasteiger partial charge in [-0.25, -0.2) is 17.8 Å². The van der Waals surface area contributed by atoms with E-state index in [0.29, 0.717) is 5.82 Å². The fourth-order valence-corrected chi connectivity index (χ4v) is 1.95. The van der Waals surface area contributed by atoms with Gasteiger partial charge in [0, 0.05) is 12.5 Å². The quantitative estimate of drug-likeness (QED) is 0.387. The van der Waals surface area contributed by atoms with E-state index in [-0.39, 0.29) is 24.3 Å². The Morgan fingerprint density at radius 1 is 1.44 bits per heavy atom. The number of sulfonamides is 1. The zero-order chi connectivity index (χ0) is 13.8. The Hall–Kier alpha value is -1.71. The van der Waals surface area contributed by atoms with Gasteiger partial charge in [0.25, 0.3) is 5.82 Å². The molecule has 0 aliphatic carbocycles. The average Bonchev–Trinajstić information content (AvgIpc) is 2.31. The third kappa shape index (κ3) is 3.95. The molecule has 0 unspecified atom stereocenters. The number of nitrogen functional groups attached to an aromatic ring is 1. The molecule has 0 amide bonds. The van der Waals surface area contributed by atoms with Gasteiger partial charge in [0.15, 0.2) is 0 Å². The maximum absolute atomic E-state index is 11.0. The summed E-state index contributed by atoms with van der Waals surface area (Å²) in [7, 11) is -3.69. The second-order valence-corrected chi connectivity index (χ2v) is 5.43. The lowest BCUT2D eigenvalue weighted by Gasteiger charge is -2.04. The molecule has 0 radical (unpaired) electrons. The molecule has 0 bridgehead atoms. The summed E-state index contributed by atoms with van der Waals surface area (Å²) in [5.41, 5.74) is 5.69. The highest BCUT2D eigenvalue weighted by Crippen LogP contribution is 2.00. The number of carboxylic acid groups (broad SMARTS) is 1. The van der Waals surface area contributed by atoms with E-state index in [1.54, 1.807) is 0 Å². The number of nitrogens with two attached hydrogens (primary N) is 1. The lowest BCUT2D eigenvalue weighted by molar-refractivity contribution is -0.682. The highest BCUT2D eigenvalue weighted by atomic mass is 32.2. The van der Waals surface area contributed by atoms with Crippen LogP contribution in [0.3, 0.4) is 0 Å². The number of nitrogens with zero attached hydrogens (tertiary/aromatic N) is 1. The smallest absolute Gasteiger partial charge is 0.339 e. The van der Waals surface area contributed by atoms with Gasteiger partial charge in [-0.2, -0.15) is 0 Å². The highest BCUT2D eigenvalue weighted by Gasteiger charge is 2.13. The average molecular weight is 276 g/mol. The molecule has 0 atom stereocenters. The number of aromatic carboxylic acids is 1. The number of nitrogens with one attached hydrogen (secondary N) is 1. The van der Waals surface area contributed by atoms with Crippen LogP contribution in [0.1, 0.15) is 16.8 Å². The predicted octanol–water partition coefficient (Wildman–Crippen LogP) is -1.05. The van der Waals surface area contributed by atoms with Crippen molar-refractivity contribution in [3.05, 3.63) is 23.9 Å². The molecule has 5 N–H and O–H groups in total. The lowest BCUT2D eigenvalue weighted by atomic mass is 10.2. The van der Waals surface area contributed by atoms with Crippen LogP contribution in [0, 0.1) is 0 Å². The molecular weight excluding hydrogens is 262 g/mol. The van der Waals surface area contributed by atoms with E-state index in [1.165, 1.54) is 27.8 Å². The minimum atomic E-state index is -3.69. The van der Waals surface area contributed by atoms with Crippen molar-refractivity contribution >= 4 is 21.8 Å². The van der Waals surface area contributed by atoms with Crippen LogP contribution < -0.4 is 15.2 Å². The summed E-state index contributed by atoms with van der Waals surface area (Å²) < 4.78 is 23.3. The summed E-state index contributed by atoms with van der Waals surface area (Å²) in [4.78, 5) is 12.0. The number of carbonyl (C=O) groups is 1. The third-order valence-electron chi connectivity index (χ3n) is 2.26. The topological polar surface area (TPSA) is 134 Å². The van der Waals surface area contributed by atoms with Gasteiger partial charge >= 0.3 is 5.97 Å². The minimum absolute atomic E-state index is 0.0624. The monoisotopic (exact) mass is 276 g/mol. The maximum atomic E-state index is 11.0. The molecule has 1 aromatic heterocycles. The van der Waals surface area contributed by atoms with Crippen LogP contribution in [0.25, 0.3) is 0 Å². The summed E-state index contributed by atoms with van der Waals surface area (Å²) in [6.45, 7) is 0.230. The van der Waals surface area contributed by atoms with Crippen molar-refractivity contribution in [1.82, 2.24) is 4.89 Å². The number of hydrogen-bond acceptors (Lipinski definition) is 5. The Bertz CT molecular complexity index is 543. The first-order chi connectivity index (χ1) is 8.35. The number of aromatic nitrogens is 1. The van der Waals surface area contributed by atoms with Gasteiger partial charge in [0.05, 0.1) is 17.9 Å². The number of rotatable bonds is 6. The summed E-state index contributed by atoms with van der Waals surface area (Å²) in [5, 5.41) is 17.1. The molecule has 0 aromatic carbocycles. The van der Waals surface area contributed by atoms with Crippen molar-refractivity contribution in [3.63, 3.8) is 0 Å². The fraction of sp³-hybridized carbons (Fsp3) is 0.333. The molecule has 0 aliphatic heterocycles. The number of aryl methyl sites for hydroxylation is 1. The van der Waals surface area contributed by atoms with E-state index in [1.807, 2.05) is 0 Å². The normalized spacial score (nSPS) is 11.4. The molecule has 0 fully saturated rings. The molecule has 8 nitrogen and oxygen atoms in total. The van der Waals surface area contributed by atoms with Crippen molar-refractivity contribution in [1.29, 1.82) is 0 Å². The molecule has 18 heavy (non-hydrogen) atoms. The third-order valence-corrected chi connectivity index (χ3v) is 3.36.